The van der Waals surface area contributed by atoms with E-state index in [-0.39, 0.29) is 12.4 Å². The molecule has 1 fully saturated rings. The average molecular weight is 485 g/mol. The molecule has 6 nitrogen and oxygen atoms in total. The van der Waals surface area contributed by atoms with E-state index in [4.69, 9.17) is 33.2 Å². The van der Waals surface area contributed by atoms with Crippen LogP contribution >= 0.6 is 23.2 Å². The molecule has 170 valence electrons. The molecule has 1 atom stereocenters. The molecule has 0 radical (unpaired) electrons. The van der Waals surface area contributed by atoms with Crippen LogP contribution < -0.4 is 10.6 Å². The molecule has 0 saturated carbocycles. The molecular weight excluding hydrogens is 462 g/mol. The first-order chi connectivity index (χ1) is 16.1. The van der Waals surface area contributed by atoms with E-state index in [9.17, 15) is 4.39 Å². The summed E-state index contributed by atoms with van der Waals surface area (Å²) >= 11 is 13.1. The first-order valence-corrected chi connectivity index (χ1v) is 11.7. The number of aromatic nitrogens is 4. The number of hydrogen-bond acceptors (Lipinski definition) is 5. The summed E-state index contributed by atoms with van der Waals surface area (Å²) in [6, 6.07) is 12.1. The van der Waals surface area contributed by atoms with Gasteiger partial charge < -0.3 is 15.2 Å². The highest BCUT2D eigenvalue weighted by Gasteiger charge is 2.23. The van der Waals surface area contributed by atoms with E-state index >= 15 is 0 Å². The third kappa shape index (κ3) is 4.67. The Kier molecular flexibility index (Phi) is 6.44. The third-order valence-electron chi connectivity index (χ3n) is 5.91. The Morgan fingerprint density at radius 2 is 1.91 bits per heavy atom. The minimum atomic E-state index is -0.267. The van der Waals surface area contributed by atoms with Gasteiger partial charge in [0, 0.05) is 18.7 Å². The predicted molar refractivity (Wildman–Crippen MR) is 130 cm³/mol. The Labute approximate surface area is 201 Å². The predicted octanol–water partition coefficient (Wildman–Crippen LogP) is 5.55. The summed E-state index contributed by atoms with van der Waals surface area (Å²) in [6.45, 7) is 2.97. The molecule has 33 heavy (non-hydrogen) atoms. The average Bonchev–Trinajstić information content (AvgIpc) is 3.16. The highest BCUT2D eigenvalue weighted by atomic mass is 35.5. The number of halogens is 3. The number of anilines is 1. The summed E-state index contributed by atoms with van der Waals surface area (Å²) < 4.78 is 16.1. The number of piperidine rings is 1. The van der Waals surface area contributed by atoms with Gasteiger partial charge in [0.1, 0.15) is 17.2 Å². The van der Waals surface area contributed by atoms with Crippen molar-refractivity contribution >= 4 is 40.3 Å². The van der Waals surface area contributed by atoms with Gasteiger partial charge in [0.2, 0.25) is 5.95 Å². The van der Waals surface area contributed by atoms with Crippen LogP contribution in [0.5, 0.6) is 0 Å². The van der Waals surface area contributed by atoms with Gasteiger partial charge in [0.15, 0.2) is 5.65 Å². The SMILES string of the molecule is Fc1ccccc1CNc1ncc2nc(-c3c(Cl)cccc3Cl)n(C[C@H]3CCCNC3)c2n1. The fraction of sp³-hybridized carbons (Fsp3) is 0.292. The van der Waals surface area contributed by atoms with Gasteiger partial charge in [-0.3, -0.25) is 0 Å². The fourth-order valence-electron chi connectivity index (χ4n) is 4.23. The standard InChI is InChI=1S/C24H23Cl2FN6/c25-17-7-3-8-18(26)21(17)23-31-20-13-30-24(29-12-16-6-1-2-9-19(16)27)32-22(20)33(23)14-15-5-4-10-28-11-15/h1-3,6-9,13,15,28H,4-5,10-12,14H2,(H,29,30,32)/t15-/m0/s1. The van der Waals surface area contributed by atoms with E-state index in [1.807, 2.05) is 18.2 Å². The second-order valence-electron chi connectivity index (χ2n) is 8.20. The van der Waals surface area contributed by atoms with E-state index in [1.165, 1.54) is 6.07 Å². The number of benzene rings is 2. The van der Waals surface area contributed by atoms with E-state index < -0.39 is 0 Å². The fourth-order valence-corrected chi connectivity index (χ4v) is 4.80. The smallest absolute Gasteiger partial charge is 0.225 e. The van der Waals surface area contributed by atoms with Gasteiger partial charge in [-0.05, 0) is 50.0 Å². The summed E-state index contributed by atoms with van der Waals surface area (Å²) in [7, 11) is 0. The number of nitrogens with zero attached hydrogens (tertiary/aromatic N) is 4. The van der Waals surface area contributed by atoms with Gasteiger partial charge in [0.05, 0.1) is 21.8 Å². The van der Waals surface area contributed by atoms with Gasteiger partial charge in [-0.2, -0.15) is 4.98 Å². The molecule has 5 rings (SSSR count). The molecule has 0 aliphatic carbocycles. The molecule has 9 heteroatoms. The summed E-state index contributed by atoms with van der Waals surface area (Å²) in [6.07, 6.45) is 3.92. The number of rotatable bonds is 6. The largest absolute Gasteiger partial charge is 0.350 e. The lowest BCUT2D eigenvalue weighted by Crippen LogP contribution is -2.32. The highest BCUT2D eigenvalue weighted by molar-refractivity contribution is 6.39. The maximum absolute atomic E-state index is 14.0. The molecule has 0 bridgehead atoms. The van der Waals surface area contributed by atoms with Crippen molar-refractivity contribution in [3.8, 4) is 11.4 Å². The number of hydrogen-bond donors (Lipinski definition) is 2. The topological polar surface area (TPSA) is 67.7 Å². The van der Waals surface area contributed by atoms with Crippen LogP contribution in [-0.2, 0) is 13.1 Å². The first kappa shape index (κ1) is 22.1. The Balaban J connectivity index is 1.55. The van der Waals surface area contributed by atoms with Crippen molar-refractivity contribution in [2.75, 3.05) is 18.4 Å². The van der Waals surface area contributed by atoms with Crippen molar-refractivity contribution in [1.82, 2.24) is 24.8 Å². The first-order valence-electron chi connectivity index (χ1n) is 11.0. The van der Waals surface area contributed by atoms with Crippen molar-refractivity contribution in [3.05, 3.63) is 70.1 Å². The van der Waals surface area contributed by atoms with Crippen molar-refractivity contribution in [3.63, 3.8) is 0 Å². The van der Waals surface area contributed by atoms with Crippen LogP contribution in [0.15, 0.2) is 48.7 Å². The van der Waals surface area contributed by atoms with Crippen LogP contribution in [0.4, 0.5) is 10.3 Å². The molecule has 1 saturated heterocycles. The van der Waals surface area contributed by atoms with E-state index in [1.54, 1.807) is 24.4 Å². The van der Waals surface area contributed by atoms with Gasteiger partial charge in [-0.15, -0.1) is 0 Å². The normalized spacial score (nSPS) is 16.3. The highest BCUT2D eigenvalue weighted by Crippen LogP contribution is 2.36. The molecule has 0 unspecified atom stereocenters. The minimum Gasteiger partial charge on any atom is -0.350 e. The zero-order valence-corrected chi connectivity index (χ0v) is 19.4. The Morgan fingerprint density at radius 1 is 1.09 bits per heavy atom. The second kappa shape index (κ2) is 9.63. The van der Waals surface area contributed by atoms with Crippen LogP contribution in [0.3, 0.4) is 0 Å². The zero-order chi connectivity index (χ0) is 22.8. The number of imidazole rings is 1. The molecule has 3 heterocycles. The zero-order valence-electron chi connectivity index (χ0n) is 17.9. The van der Waals surface area contributed by atoms with Crippen molar-refractivity contribution in [2.45, 2.75) is 25.9 Å². The molecule has 4 aromatic rings. The Bertz CT molecular complexity index is 1270. The van der Waals surface area contributed by atoms with Crippen LogP contribution in [0.25, 0.3) is 22.6 Å². The Hall–Kier alpha value is -2.74. The van der Waals surface area contributed by atoms with Gasteiger partial charge in [-0.25, -0.2) is 14.4 Å². The van der Waals surface area contributed by atoms with Crippen molar-refractivity contribution < 1.29 is 4.39 Å². The molecule has 1 aliphatic rings. The summed E-state index contributed by atoms with van der Waals surface area (Å²) in [5.74, 6) is 1.25. The second-order valence-corrected chi connectivity index (χ2v) is 9.02. The van der Waals surface area contributed by atoms with Crippen LogP contribution in [0.1, 0.15) is 18.4 Å². The molecule has 0 spiro atoms. The van der Waals surface area contributed by atoms with Gasteiger partial charge >= 0.3 is 0 Å². The summed E-state index contributed by atoms with van der Waals surface area (Å²) in [5, 5.41) is 7.66. The minimum absolute atomic E-state index is 0.267. The molecule has 2 aromatic heterocycles. The van der Waals surface area contributed by atoms with E-state index in [0.29, 0.717) is 50.0 Å². The van der Waals surface area contributed by atoms with Crippen molar-refractivity contribution in [1.29, 1.82) is 0 Å². The number of fused-ring (bicyclic) bond motifs is 1. The molecule has 1 aliphatic heterocycles. The van der Waals surface area contributed by atoms with Crippen LogP contribution in [-0.4, -0.2) is 32.6 Å². The monoisotopic (exact) mass is 484 g/mol. The van der Waals surface area contributed by atoms with E-state index in [2.05, 4.69) is 20.2 Å². The molecule has 2 aromatic carbocycles. The maximum Gasteiger partial charge on any atom is 0.225 e. The van der Waals surface area contributed by atoms with Gasteiger partial charge in [-0.1, -0.05) is 47.5 Å². The third-order valence-corrected chi connectivity index (χ3v) is 6.54. The van der Waals surface area contributed by atoms with E-state index in [0.717, 1.165) is 32.5 Å². The van der Waals surface area contributed by atoms with Crippen LogP contribution in [0, 0.1) is 11.7 Å². The quantitative estimate of drug-likeness (QED) is 0.375. The lowest BCUT2D eigenvalue weighted by molar-refractivity contribution is 0.341. The lowest BCUT2D eigenvalue weighted by atomic mass is 9.99. The summed E-state index contributed by atoms with van der Waals surface area (Å²) in [4.78, 5) is 13.9. The molecular formula is C24H23Cl2FN6. The van der Waals surface area contributed by atoms with Gasteiger partial charge in [0.25, 0.3) is 0 Å². The van der Waals surface area contributed by atoms with Crippen molar-refractivity contribution in [2.24, 2.45) is 5.92 Å². The summed E-state index contributed by atoms with van der Waals surface area (Å²) in [5.41, 5.74) is 2.58. The maximum atomic E-state index is 14.0. The molecule has 2 N–H and O–H groups in total. The van der Waals surface area contributed by atoms with Crippen LogP contribution in [0.2, 0.25) is 10.0 Å². The number of nitrogens with one attached hydrogen (secondary N) is 2. The molecule has 0 amide bonds. The lowest BCUT2D eigenvalue weighted by Gasteiger charge is -2.24. The Morgan fingerprint density at radius 3 is 2.67 bits per heavy atom.